The lowest BCUT2D eigenvalue weighted by molar-refractivity contribution is 0.0995. The molecule has 0 saturated heterocycles. The van der Waals surface area contributed by atoms with Crippen LogP contribution in [0.2, 0.25) is 0 Å². The second kappa shape index (κ2) is 7.40. The molecule has 4 nitrogen and oxygen atoms in total. The van der Waals surface area contributed by atoms with E-state index in [1.165, 1.54) is 24.5 Å². The molecule has 28 heavy (non-hydrogen) atoms. The van der Waals surface area contributed by atoms with Crippen LogP contribution >= 0.6 is 11.3 Å². The second-order valence-electron chi connectivity index (χ2n) is 6.19. The van der Waals surface area contributed by atoms with Crippen molar-refractivity contribution in [1.82, 2.24) is 4.57 Å². The molecule has 1 heterocycles. The number of thiazole rings is 1. The van der Waals surface area contributed by atoms with E-state index < -0.39 is 5.91 Å². The molecule has 0 spiro atoms. The van der Waals surface area contributed by atoms with Gasteiger partial charge in [0, 0.05) is 6.54 Å². The van der Waals surface area contributed by atoms with Crippen LogP contribution < -0.4 is 9.54 Å². The van der Waals surface area contributed by atoms with Crippen LogP contribution in [0.25, 0.3) is 21.0 Å². The van der Waals surface area contributed by atoms with Gasteiger partial charge in [0.15, 0.2) is 4.80 Å². The summed E-state index contributed by atoms with van der Waals surface area (Å²) in [4.78, 5) is 17.7. The van der Waals surface area contributed by atoms with E-state index in [1.807, 2.05) is 36.4 Å². The molecule has 0 fully saturated rings. The number of carbonyl (C=O) groups is 1. The first-order chi connectivity index (χ1) is 13.6. The molecule has 4 aromatic rings. The molecule has 0 aliphatic carbocycles. The average molecular weight is 392 g/mol. The minimum absolute atomic E-state index is 0.349. The first-order valence-electron chi connectivity index (χ1n) is 8.67. The average Bonchev–Trinajstić information content (AvgIpc) is 3.05. The maximum Gasteiger partial charge on any atom is 0.283 e. The van der Waals surface area contributed by atoms with E-state index in [0.29, 0.717) is 28.2 Å². The number of halogens is 1. The Balaban J connectivity index is 1.91. The van der Waals surface area contributed by atoms with Crippen LogP contribution in [0.1, 0.15) is 10.4 Å². The van der Waals surface area contributed by atoms with Crippen LogP contribution in [0.3, 0.4) is 0 Å². The van der Waals surface area contributed by atoms with Gasteiger partial charge in [-0.2, -0.15) is 4.99 Å². The lowest BCUT2D eigenvalue weighted by Crippen LogP contribution is -2.17. The Kier molecular flexibility index (Phi) is 4.79. The fourth-order valence-electron chi connectivity index (χ4n) is 3.17. The maximum absolute atomic E-state index is 14.3. The summed E-state index contributed by atoms with van der Waals surface area (Å²) in [6.45, 7) is 4.08. The van der Waals surface area contributed by atoms with Crippen molar-refractivity contribution in [3.8, 4) is 5.75 Å². The zero-order chi connectivity index (χ0) is 19.7. The molecular formula is C22H17FN2O2S. The molecule has 3 aromatic carbocycles. The molecule has 1 amide bonds. The van der Waals surface area contributed by atoms with Crippen molar-refractivity contribution >= 4 is 38.2 Å². The number of carbonyl (C=O) groups excluding carboxylic acids is 1. The lowest BCUT2D eigenvalue weighted by Gasteiger charge is -2.08. The number of hydrogen-bond acceptors (Lipinski definition) is 3. The van der Waals surface area contributed by atoms with Crippen LogP contribution in [0.15, 0.2) is 72.2 Å². The van der Waals surface area contributed by atoms with Crippen molar-refractivity contribution in [1.29, 1.82) is 0 Å². The van der Waals surface area contributed by atoms with E-state index in [4.69, 9.17) is 4.74 Å². The van der Waals surface area contributed by atoms with E-state index in [0.717, 1.165) is 15.5 Å². The Hall–Kier alpha value is -3.25. The highest BCUT2D eigenvalue weighted by molar-refractivity contribution is 7.16. The molecule has 140 valence electrons. The van der Waals surface area contributed by atoms with E-state index in [-0.39, 0.29) is 5.82 Å². The fourth-order valence-corrected chi connectivity index (χ4v) is 4.23. The van der Waals surface area contributed by atoms with E-state index in [9.17, 15) is 9.18 Å². The largest absolute Gasteiger partial charge is 0.496 e. The Morgan fingerprint density at radius 3 is 2.68 bits per heavy atom. The molecule has 4 rings (SSSR count). The monoisotopic (exact) mass is 392 g/mol. The third-order valence-electron chi connectivity index (χ3n) is 4.46. The minimum atomic E-state index is -0.438. The summed E-state index contributed by atoms with van der Waals surface area (Å²) in [5.74, 6) is -0.338. The summed E-state index contributed by atoms with van der Waals surface area (Å²) in [7, 11) is 1.52. The van der Waals surface area contributed by atoms with E-state index in [2.05, 4.69) is 11.6 Å². The van der Waals surface area contributed by atoms with Gasteiger partial charge in [-0.05, 0) is 35.0 Å². The molecule has 0 atom stereocenters. The molecule has 0 N–H and O–H groups in total. The summed E-state index contributed by atoms with van der Waals surface area (Å²) >= 11 is 1.26. The van der Waals surface area contributed by atoms with E-state index in [1.54, 1.807) is 22.8 Å². The standard InChI is InChI=1S/C22H17FN2O2S/c1-3-11-25-20-17(23)9-6-10-19(20)28-22(25)24-21(26)16-12-14-7-4-5-8-15(14)13-18(16)27-2/h3-10,12-13H,1,11H2,2H3. The van der Waals surface area contributed by atoms with Gasteiger partial charge in [-0.3, -0.25) is 4.79 Å². The fraction of sp³-hybridized carbons (Fsp3) is 0.0909. The highest BCUT2D eigenvalue weighted by Crippen LogP contribution is 2.27. The number of methoxy groups -OCH3 is 1. The molecule has 0 radical (unpaired) electrons. The number of benzene rings is 3. The van der Waals surface area contributed by atoms with Crippen LogP contribution in [-0.4, -0.2) is 17.6 Å². The predicted octanol–water partition coefficient (Wildman–Crippen LogP) is 4.93. The number of aromatic nitrogens is 1. The van der Waals surface area contributed by atoms with Crippen LogP contribution in [0.5, 0.6) is 5.75 Å². The molecule has 0 aliphatic heterocycles. The summed E-state index contributed by atoms with van der Waals surface area (Å²) in [5, 5.41) is 1.89. The number of nitrogens with zero attached hydrogens (tertiary/aromatic N) is 2. The number of allylic oxidation sites excluding steroid dienone is 1. The molecule has 0 bridgehead atoms. The zero-order valence-electron chi connectivity index (χ0n) is 15.2. The van der Waals surface area contributed by atoms with Gasteiger partial charge in [-0.15, -0.1) is 6.58 Å². The number of para-hydroxylation sites is 1. The van der Waals surface area contributed by atoms with Gasteiger partial charge in [0.05, 0.1) is 22.9 Å². The first kappa shape index (κ1) is 18.1. The van der Waals surface area contributed by atoms with Gasteiger partial charge in [-0.25, -0.2) is 4.39 Å². The van der Waals surface area contributed by atoms with E-state index >= 15 is 0 Å². The molecule has 0 aliphatic rings. The van der Waals surface area contributed by atoms with Crippen molar-refractivity contribution in [3.05, 3.63) is 83.4 Å². The van der Waals surface area contributed by atoms with Gasteiger partial charge >= 0.3 is 0 Å². The SMILES string of the molecule is C=CCn1c(=NC(=O)c2cc3ccccc3cc2OC)sc2cccc(F)c21. The highest BCUT2D eigenvalue weighted by atomic mass is 32.1. The Morgan fingerprint density at radius 1 is 1.21 bits per heavy atom. The van der Waals surface area contributed by atoms with Crippen LogP contribution in [-0.2, 0) is 6.54 Å². The highest BCUT2D eigenvalue weighted by Gasteiger charge is 2.15. The van der Waals surface area contributed by atoms with Crippen LogP contribution in [0.4, 0.5) is 4.39 Å². The number of rotatable bonds is 4. The van der Waals surface area contributed by atoms with Crippen molar-refractivity contribution in [2.24, 2.45) is 4.99 Å². The number of ether oxygens (including phenoxy) is 1. The van der Waals surface area contributed by atoms with Gasteiger partial charge in [-0.1, -0.05) is 47.7 Å². The van der Waals surface area contributed by atoms with Crippen molar-refractivity contribution in [2.75, 3.05) is 7.11 Å². The maximum atomic E-state index is 14.3. The van der Waals surface area contributed by atoms with Crippen molar-refractivity contribution < 1.29 is 13.9 Å². The lowest BCUT2D eigenvalue weighted by atomic mass is 10.1. The number of fused-ring (bicyclic) bond motifs is 2. The van der Waals surface area contributed by atoms with Gasteiger partial charge in [0.1, 0.15) is 11.6 Å². The molecule has 0 saturated carbocycles. The van der Waals surface area contributed by atoms with Gasteiger partial charge in [0.25, 0.3) is 5.91 Å². The molecule has 0 unspecified atom stereocenters. The number of hydrogen-bond donors (Lipinski definition) is 0. The second-order valence-corrected chi connectivity index (χ2v) is 7.20. The first-order valence-corrected chi connectivity index (χ1v) is 9.48. The number of amides is 1. The quantitative estimate of drug-likeness (QED) is 0.462. The zero-order valence-corrected chi connectivity index (χ0v) is 16.0. The molecular weight excluding hydrogens is 375 g/mol. The van der Waals surface area contributed by atoms with Crippen LogP contribution in [0, 0.1) is 5.82 Å². The molecule has 6 heteroatoms. The summed E-state index contributed by atoms with van der Waals surface area (Å²) < 4.78 is 22.1. The Bertz CT molecular complexity index is 1290. The van der Waals surface area contributed by atoms with Crippen molar-refractivity contribution in [2.45, 2.75) is 6.54 Å². The molecule has 1 aromatic heterocycles. The third kappa shape index (κ3) is 3.12. The summed E-state index contributed by atoms with van der Waals surface area (Å²) in [6, 6.07) is 16.2. The topological polar surface area (TPSA) is 43.6 Å². The Labute approximate surface area is 164 Å². The normalized spacial score (nSPS) is 11.9. The smallest absolute Gasteiger partial charge is 0.283 e. The summed E-state index contributed by atoms with van der Waals surface area (Å²) in [6.07, 6.45) is 1.65. The summed E-state index contributed by atoms with van der Waals surface area (Å²) in [5.41, 5.74) is 0.786. The predicted molar refractivity (Wildman–Crippen MR) is 110 cm³/mol. The van der Waals surface area contributed by atoms with Gasteiger partial charge in [0.2, 0.25) is 0 Å². The van der Waals surface area contributed by atoms with Crippen molar-refractivity contribution in [3.63, 3.8) is 0 Å². The van der Waals surface area contributed by atoms with Gasteiger partial charge < -0.3 is 9.30 Å². The third-order valence-corrected chi connectivity index (χ3v) is 5.50. The Morgan fingerprint density at radius 2 is 1.96 bits per heavy atom. The minimum Gasteiger partial charge on any atom is -0.496 e.